The molecule has 1 saturated carbocycles. The van der Waals surface area contributed by atoms with Gasteiger partial charge in [0.25, 0.3) is 0 Å². The Balaban J connectivity index is 1.88. The Morgan fingerprint density at radius 1 is 1.32 bits per heavy atom. The number of carboxylic acid groups (broad SMARTS) is 1. The van der Waals surface area contributed by atoms with Crippen LogP contribution in [0.5, 0.6) is 0 Å². The molecule has 104 valence electrons. The van der Waals surface area contributed by atoms with Crippen molar-refractivity contribution in [2.24, 2.45) is 0 Å². The van der Waals surface area contributed by atoms with E-state index in [4.69, 9.17) is 9.84 Å². The topological polar surface area (TPSA) is 58.6 Å². The molecule has 19 heavy (non-hydrogen) atoms. The molecule has 2 atom stereocenters. The van der Waals surface area contributed by atoms with E-state index in [9.17, 15) is 4.79 Å². The highest BCUT2D eigenvalue weighted by Crippen LogP contribution is 2.22. The van der Waals surface area contributed by atoms with E-state index in [-0.39, 0.29) is 6.10 Å². The normalized spacial score (nSPS) is 23.2. The molecule has 0 saturated heterocycles. The van der Waals surface area contributed by atoms with Gasteiger partial charge in [-0.05, 0) is 37.6 Å². The lowest BCUT2D eigenvalue weighted by atomic mass is 9.92. The number of hydrogen-bond acceptors (Lipinski definition) is 3. The van der Waals surface area contributed by atoms with Gasteiger partial charge in [0.2, 0.25) is 0 Å². The van der Waals surface area contributed by atoms with Crippen LogP contribution in [-0.2, 0) is 11.3 Å². The first-order chi connectivity index (χ1) is 9.20. The first kappa shape index (κ1) is 14.0. The molecule has 1 aromatic carbocycles. The quantitative estimate of drug-likeness (QED) is 0.856. The van der Waals surface area contributed by atoms with Crippen molar-refractivity contribution in [3.05, 3.63) is 35.4 Å². The Bertz CT molecular complexity index is 416. The average Bonchev–Trinajstić information content (AvgIpc) is 2.45. The summed E-state index contributed by atoms with van der Waals surface area (Å²) in [6.45, 7) is 0.544. The lowest BCUT2D eigenvalue weighted by molar-refractivity contribution is -0.00362. The minimum Gasteiger partial charge on any atom is -0.478 e. The molecule has 2 rings (SSSR count). The van der Waals surface area contributed by atoms with Gasteiger partial charge in [0.1, 0.15) is 0 Å². The Kier molecular flexibility index (Phi) is 4.93. The largest absolute Gasteiger partial charge is 0.478 e. The average molecular weight is 263 g/mol. The smallest absolute Gasteiger partial charge is 0.335 e. The van der Waals surface area contributed by atoms with Gasteiger partial charge in [-0.1, -0.05) is 25.0 Å². The lowest BCUT2D eigenvalue weighted by Gasteiger charge is -2.31. The van der Waals surface area contributed by atoms with Crippen LogP contribution in [0.15, 0.2) is 24.3 Å². The summed E-state index contributed by atoms with van der Waals surface area (Å²) in [6.07, 6.45) is 5.01. The number of aromatic carboxylic acids is 1. The van der Waals surface area contributed by atoms with Crippen molar-refractivity contribution >= 4 is 5.97 Å². The summed E-state index contributed by atoms with van der Waals surface area (Å²) in [5.41, 5.74) is 1.33. The van der Waals surface area contributed by atoms with Crippen LogP contribution in [0.1, 0.15) is 41.6 Å². The van der Waals surface area contributed by atoms with Crippen LogP contribution in [-0.4, -0.2) is 30.3 Å². The van der Waals surface area contributed by atoms with Crippen LogP contribution in [0.4, 0.5) is 0 Å². The predicted molar refractivity (Wildman–Crippen MR) is 73.3 cm³/mol. The summed E-state index contributed by atoms with van der Waals surface area (Å²) in [6, 6.07) is 7.32. The number of benzene rings is 1. The maximum absolute atomic E-state index is 10.8. The molecule has 2 N–H and O–H groups in total. The number of rotatable bonds is 5. The van der Waals surface area contributed by atoms with E-state index in [2.05, 4.69) is 5.32 Å². The maximum atomic E-state index is 10.8. The molecule has 4 heteroatoms. The van der Waals surface area contributed by atoms with Crippen LogP contribution >= 0.6 is 0 Å². The Morgan fingerprint density at radius 3 is 2.63 bits per heavy atom. The van der Waals surface area contributed by atoms with Gasteiger partial charge in [0.15, 0.2) is 0 Å². The summed E-state index contributed by atoms with van der Waals surface area (Å²) >= 11 is 0. The molecule has 0 amide bonds. The van der Waals surface area contributed by atoms with Crippen molar-refractivity contribution in [3.8, 4) is 0 Å². The van der Waals surface area contributed by atoms with E-state index in [0.717, 1.165) is 12.0 Å². The lowest BCUT2D eigenvalue weighted by Crippen LogP contribution is -2.41. The van der Waals surface area contributed by atoms with E-state index in [1.807, 2.05) is 19.2 Å². The molecule has 1 aliphatic rings. The zero-order valence-corrected chi connectivity index (χ0v) is 11.3. The number of hydrogen-bond donors (Lipinski definition) is 2. The van der Waals surface area contributed by atoms with Crippen LogP contribution in [0.2, 0.25) is 0 Å². The number of nitrogens with one attached hydrogen (secondary N) is 1. The second-order valence-electron chi connectivity index (χ2n) is 5.03. The molecule has 1 fully saturated rings. The van der Waals surface area contributed by atoms with Crippen molar-refractivity contribution in [3.63, 3.8) is 0 Å². The summed E-state index contributed by atoms with van der Waals surface area (Å²) in [5.74, 6) is -0.894. The van der Waals surface area contributed by atoms with Gasteiger partial charge in [-0.3, -0.25) is 0 Å². The van der Waals surface area contributed by atoms with Gasteiger partial charge in [0, 0.05) is 6.04 Å². The van der Waals surface area contributed by atoms with Crippen LogP contribution in [0.3, 0.4) is 0 Å². The van der Waals surface area contributed by atoms with E-state index < -0.39 is 5.97 Å². The van der Waals surface area contributed by atoms with Gasteiger partial charge in [-0.15, -0.1) is 0 Å². The fraction of sp³-hybridized carbons (Fsp3) is 0.533. The molecule has 0 spiro atoms. The molecule has 0 heterocycles. The fourth-order valence-corrected chi connectivity index (χ4v) is 2.57. The zero-order chi connectivity index (χ0) is 13.7. The molecule has 0 bridgehead atoms. The first-order valence-corrected chi connectivity index (χ1v) is 6.82. The fourth-order valence-electron chi connectivity index (χ4n) is 2.57. The molecular weight excluding hydrogens is 242 g/mol. The van der Waals surface area contributed by atoms with E-state index in [0.29, 0.717) is 18.2 Å². The van der Waals surface area contributed by atoms with E-state index in [1.54, 1.807) is 12.1 Å². The Morgan fingerprint density at radius 2 is 2.00 bits per heavy atom. The second kappa shape index (κ2) is 6.68. The third kappa shape index (κ3) is 3.78. The minimum atomic E-state index is -0.894. The SMILES string of the molecule is CNC1CCCCC1OCc1ccc(C(=O)O)cc1. The summed E-state index contributed by atoms with van der Waals surface area (Å²) in [5, 5.41) is 12.1. The highest BCUT2D eigenvalue weighted by Gasteiger charge is 2.24. The molecule has 4 nitrogen and oxygen atoms in total. The maximum Gasteiger partial charge on any atom is 0.335 e. The molecule has 0 aromatic heterocycles. The summed E-state index contributed by atoms with van der Waals surface area (Å²) < 4.78 is 5.96. The van der Waals surface area contributed by atoms with Gasteiger partial charge < -0.3 is 15.2 Å². The number of ether oxygens (including phenoxy) is 1. The monoisotopic (exact) mass is 263 g/mol. The Labute approximate surface area is 113 Å². The van der Waals surface area contributed by atoms with Crippen LogP contribution in [0, 0.1) is 0 Å². The number of carbonyl (C=O) groups is 1. The van der Waals surface area contributed by atoms with Crippen molar-refractivity contribution in [2.45, 2.75) is 44.4 Å². The molecular formula is C15H21NO3. The van der Waals surface area contributed by atoms with Crippen LogP contribution < -0.4 is 5.32 Å². The van der Waals surface area contributed by atoms with Gasteiger partial charge in [0.05, 0.1) is 18.3 Å². The molecule has 2 unspecified atom stereocenters. The van der Waals surface area contributed by atoms with Crippen molar-refractivity contribution < 1.29 is 14.6 Å². The summed E-state index contributed by atoms with van der Waals surface area (Å²) in [4.78, 5) is 10.8. The van der Waals surface area contributed by atoms with Crippen LogP contribution in [0.25, 0.3) is 0 Å². The van der Waals surface area contributed by atoms with Gasteiger partial charge in [-0.2, -0.15) is 0 Å². The third-order valence-corrected chi connectivity index (χ3v) is 3.74. The standard InChI is InChI=1S/C15H21NO3/c1-16-13-4-2-3-5-14(13)19-10-11-6-8-12(9-7-11)15(17)18/h6-9,13-14,16H,2-5,10H2,1H3,(H,17,18). The second-order valence-corrected chi connectivity index (χ2v) is 5.03. The zero-order valence-electron chi connectivity index (χ0n) is 11.3. The predicted octanol–water partition coefficient (Wildman–Crippen LogP) is 2.43. The van der Waals surface area contributed by atoms with Gasteiger partial charge >= 0.3 is 5.97 Å². The highest BCUT2D eigenvalue weighted by molar-refractivity contribution is 5.87. The molecule has 1 aliphatic carbocycles. The Hall–Kier alpha value is -1.39. The number of carboxylic acids is 1. The first-order valence-electron chi connectivity index (χ1n) is 6.82. The van der Waals surface area contributed by atoms with Crippen molar-refractivity contribution in [1.29, 1.82) is 0 Å². The third-order valence-electron chi connectivity index (χ3n) is 3.74. The van der Waals surface area contributed by atoms with E-state index in [1.165, 1.54) is 19.3 Å². The van der Waals surface area contributed by atoms with Gasteiger partial charge in [-0.25, -0.2) is 4.79 Å². The molecule has 1 aromatic rings. The van der Waals surface area contributed by atoms with Crippen molar-refractivity contribution in [2.75, 3.05) is 7.05 Å². The summed E-state index contributed by atoms with van der Waals surface area (Å²) in [7, 11) is 1.98. The van der Waals surface area contributed by atoms with Crippen molar-refractivity contribution in [1.82, 2.24) is 5.32 Å². The van der Waals surface area contributed by atoms with E-state index >= 15 is 0 Å². The highest BCUT2D eigenvalue weighted by atomic mass is 16.5. The number of likely N-dealkylation sites (N-methyl/N-ethyl adjacent to an activating group) is 1. The molecule has 0 radical (unpaired) electrons. The minimum absolute atomic E-state index is 0.262. The molecule has 0 aliphatic heterocycles.